The van der Waals surface area contributed by atoms with Gasteiger partial charge in [0.2, 0.25) is 0 Å². The molecule has 0 aliphatic heterocycles. The minimum Gasteiger partial charge on any atom is -0.309 e. The van der Waals surface area contributed by atoms with Gasteiger partial charge in [0.05, 0.1) is 73.0 Å². The molecule has 64 heavy (non-hydrogen) atoms. The van der Waals surface area contributed by atoms with Crippen molar-refractivity contribution in [3.05, 3.63) is 161 Å². The molecule has 8 aromatic rings. The van der Waals surface area contributed by atoms with Crippen LogP contribution in [0, 0.1) is 17.2 Å². The zero-order chi connectivity index (χ0) is 46.5. The molecule has 16 heteroatoms. The third kappa shape index (κ3) is 8.66. The number of aromatic nitrogens is 3. The van der Waals surface area contributed by atoms with E-state index < -0.39 is 47.0 Å². The Morgan fingerprint density at radius 1 is 0.531 bits per heavy atom. The Balaban J connectivity index is 0.000000700. The molecule has 0 radical (unpaired) electrons. The number of pyridine rings is 1. The number of nitrogens with zero attached hydrogens (tertiary/aromatic N) is 4. The number of allylic oxidation sites excluding steroid dienone is 4. The minimum atomic E-state index is -4.85. The Bertz CT molecular complexity index is 3030. The first-order chi connectivity index (χ1) is 30.0. The van der Waals surface area contributed by atoms with Crippen LogP contribution < -0.4 is 0 Å². The van der Waals surface area contributed by atoms with Crippen LogP contribution in [0.5, 0.6) is 0 Å². The highest BCUT2D eigenvalue weighted by molar-refractivity contribution is 6.12. The molecule has 0 atom stereocenters. The van der Waals surface area contributed by atoms with Crippen molar-refractivity contribution in [2.24, 2.45) is 5.92 Å². The van der Waals surface area contributed by atoms with E-state index in [0.29, 0.717) is 5.92 Å². The van der Waals surface area contributed by atoms with Gasteiger partial charge in [-0.1, -0.05) is 38.2 Å². The summed E-state index contributed by atoms with van der Waals surface area (Å²) in [6.07, 6.45) is -9.76. The van der Waals surface area contributed by atoms with E-state index in [1.54, 1.807) is 0 Å². The van der Waals surface area contributed by atoms with E-state index in [4.69, 9.17) is 0 Å². The molecule has 4 nitrogen and oxygen atoms in total. The molecule has 3 heterocycles. The van der Waals surface area contributed by atoms with E-state index in [1.165, 1.54) is 45.7 Å². The third-order valence-corrected chi connectivity index (χ3v) is 10.3. The molecule has 0 fully saturated rings. The number of fused-ring (bicyclic) bond motifs is 6. The summed E-state index contributed by atoms with van der Waals surface area (Å²) in [5, 5.41) is 9.22. The molecule has 0 unspecified atom stereocenters. The van der Waals surface area contributed by atoms with Crippen molar-refractivity contribution in [3.8, 4) is 28.7 Å². The number of benzene rings is 5. The fraction of sp³-hybridized carbons (Fsp3) is 0.167. The van der Waals surface area contributed by atoms with Crippen molar-refractivity contribution in [2.45, 2.75) is 45.5 Å². The first-order valence-corrected chi connectivity index (χ1v) is 19.3. The van der Waals surface area contributed by atoms with E-state index in [-0.39, 0.29) is 71.8 Å². The lowest BCUT2D eigenvalue weighted by Crippen LogP contribution is -2.06. The predicted molar refractivity (Wildman–Crippen MR) is 222 cm³/mol. The molecule has 0 bridgehead atoms. The van der Waals surface area contributed by atoms with Crippen molar-refractivity contribution in [2.75, 3.05) is 0 Å². The van der Waals surface area contributed by atoms with Crippen molar-refractivity contribution in [3.63, 3.8) is 0 Å². The summed E-state index contributed by atoms with van der Waals surface area (Å²) >= 11 is 0. The first-order valence-electron chi connectivity index (χ1n) is 19.3. The van der Waals surface area contributed by atoms with Crippen molar-refractivity contribution < 1.29 is 52.7 Å². The highest BCUT2D eigenvalue weighted by Crippen LogP contribution is 2.45. The van der Waals surface area contributed by atoms with E-state index in [1.807, 2.05) is 25.1 Å². The van der Waals surface area contributed by atoms with Gasteiger partial charge in [-0.25, -0.2) is 0 Å². The smallest absolute Gasteiger partial charge is 0.309 e. The number of hydrogen-bond acceptors (Lipinski definition) is 2. The molecule has 0 aliphatic rings. The molecule has 0 saturated heterocycles. The van der Waals surface area contributed by atoms with Gasteiger partial charge in [0, 0.05) is 33.3 Å². The molecule has 0 spiro atoms. The second kappa shape index (κ2) is 16.6. The van der Waals surface area contributed by atoms with Gasteiger partial charge in [0.1, 0.15) is 0 Å². The van der Waals surface area contributed by atoms with E-state index in [0.717, 1.165) is 72.8 Å². The lowest BCUT2D eigenvalue weighted by atomic mass is 10.0. The number of alkyl halides is 12. The second-order valence-corrected chi connectivity index (χ2v) is 15.0. The Morgan fingerprint density at radius 3 is 1.30 bits per heavy atom. The third-order valence-electron chi connectivity index (χ3n) is 10.3. The zero-order valence-corrected chi connectivity index (χ0v) is 33.6. The molecule has 0 aliphatic carbocycles. The van der Waals surface area contributed by atoms with Gasteiger partial charge in [0.15, 0.2) is 0 Å². The topological polar surface area (TPSA) is 46.5 Å². The summed E-state index contributed by atoms with van der Waals surface area (Å²) in [5.74, 6) is 0.672. The zero-order valence-electron chi connectivity index (χ0n) is 33.6. The fourth-order valence-corrected chi connectivity index (χ4v) is 7.44. The van der Waals surface area contributed by atoms with Crippen LogP contribution in [-0.2, 0) is 24.7 Å². The average molecular weight is 893 g/mol. The quantitative estimate of drug-likeness (QED) is 0.128. The van der Waals surface area contributed by atoms with E-state index >= 15 is 0 Å². The van der Waals surface area contributed by atoms with Gasteiger partial charge in [0.25, 0.3) is 0 Å². The van der Waals surface area contributed by atoms with E-state index in [9.17, 15) is 57.9 Å². The molecule has 5 aromatic carbocycles. The summed E-state index contributed by atoms with van der Waals surface area (Å²) in [5.41, 5.74) is -3.87. The van der Waals surface area contributed by atoms with Crippen LogP contribution in [-0.4, -0.2) is 14.1 Å². The molecule has 8 rings (SSSR count). The van der Waals surface area contributed by atoms with Gasteiger partial charge in [-0.05, 0) is 116 Å². The number of rotatable bonds is 5. The maximum atomic E-state index is 13.9. The predicted octanol–water partition coefficient (Wildman–Crippen LogP) is 15.7. The van der Waals surface area contributed by atoms with Crippen LogP contribution in [0.4, 0.5) is 52.7 Å². The normalized spacial score (nSPS) is 12.9. The average Bonchev–Trinajstić information content (AvgIpc) is 3.73. The molecule has 0 amide bonds. The molecule has 3 aromatic heterocycles. The highest BCUT2D eigenvalue weighted by Gasteiger charge is 2.35. The highest BCUT2D eigenvalue weighted by atomic mass is 19.4. The lowest BCUT2D eigenvalue weighted by molar-refractivity contribution is -0.138. The summed E-state index contributed by atoms with van der Waals surface area (Å²) < 4.78 is 170. The second-order valence-electron chi connectivity index (χ2n) is 15.0. The Hall–Kier alpha value is -7.02. The Kier molecular flexibility index (Phi) is 11.7. The van der Waals surface area contributed by atoms with Crippen LogP contribution in [0.1, 0.15) is 48.6 Å². The maximum Gasteiger partial charge on any atom is 0.416 e. The SMILES string of the molecule is C/C=C\C=C/C(C)C.N#Cc1ccc(-n2c3ccc(C(F)(F)F)cc3c3cc(C(F)(F)F)ccc32)c(-c2ncccc2-n2c3ccc(C(F)(F)F)cc3c3cc(C(F)(F)F)ccc32)c1. The minimum absolute atomic E-state index is 0.0204. The van der Waals surface area contributed by atoms with E-state index in [2.05, 4.69) is 31.0 Å². The van der Waals surface area contributed by atoms with Gasteiger partial charge in [-0.2, -0.15) is 57.9 Å². The first kappa shape index (κ1) is 45.0. The van der Waals surface area contributed by atoms with Gasteiger partial charge in [-0.15, -0.1) is 0 Å². The number of halogens is 12. The Labute approximate surface area is 356 Å². The summed E-state index contributed by atoms with van der Waals surface area (Å²) in [4.78, 5) is 4.53. The monoisotopic (exact) mass is 892 g/mol. The number of hydrogen-bond donors (Lipinski definition) is 0. The molecule has 328 valence electrons. The van der Waals surface area contributed by atoms with Crippen LogP contribution in [0.25, 0.3) is 66.2 Å². The fourth-order valence-electron chi connectivity index (χ4n) is 7.44. The molecule has 0 saturated carbocycles. The summed E-state index contributed by atoms with van der Waals surface area (Å²) in [6, 6.07) is 19.4. The summed E-state index contributed by atoms with van der Waals surface area (Å²) in [7, 11) is 0. The van der Waals surface area contributed by atoms with Crippen LogP contribution in [0.15, 0.2) is 134 Å². The van der Waals surface area contributed by atoms with Gasteiger partial charge in [-0.3, -0.25) is 4.98 Å². The largest absolute Gasteiger partial charge is 0.416 e. The standard InChI is InChI=1S/C40H18F12N4.C8H14/c41-37(42,43)21-4-9-30-25(15-21)26-16-22(38(44,45)46)5-10-31(26)55(30)34-8-3-20(19-53)14-29(34)36-35(2-1-13-54-36)56-32-11-6-23(39(47,48)49)17-27(32)28-18-24(40(50,51)52)7-12-33(28)56;1-4-5-6-7-8(2)3/h1-18H;4-8H,1-3H3/b;5-4-,7-6-. The van der Waals surface area contributed by atoms with Gasteiger partial charge >= 0.3 is 24.7 Å². The molecule has 0 N–H and O–H groups in total. The van der Waals surface area contributed by atoms with Gasteiger partial charge < -0.3 is 9.13 Å². The van der Waals surface area contributed by atoms with Crippen LogP contribution in [0.2, 0.25) is 0 Å². The Morgan fingerprint density at radius 2 is 0.938 bits per heavy atom. The van der Waals surface area contributed by atoms with Crippen molar-refractivity contribution >= 4 is 43.6 Å². The van der Waals surface area contributed by atoms with Crippen molar-refractivity contribution in [1.82, 2.24) is 14.1 Å². The summed E-state index contributed by atoms with van der Waals surface area (Å²) in [6.45, 7) is 6.35. The lowest BCUT2D eigenvalue weighted by Gasteiger charge is -2.18. The van der Waals surface area contributed by atoms with Crippen molar-refractivity contribution in [1.29, 1.82) is 5.26 Å². The maximum absolute atomic E-state index is 13.9. The molecular weight excluding hydrogens is 861 g/mol. The number of nitriles is 1. The van der Waals surface area contributed by atoms with Crippen LogP contribution >= 0.6 is 0 Å². The van der Waals surface area contributed by atoms with Crippen LogP contribution in [0.3, 0.4) is 0 Å². The molecular formula is C48H32F12N4.